The molecule has 0 saturated heterocycles. The van der Waals surface area contributed by atoms with Crippen LogP contribution < -0.4 is 0 Å². The van der Waals surface area contributed by atoms with E-state index < -0.39 is 5.41 Å². The predicted octanol–water partition coefficient (Wildman–Crippen LogP) is 2.95. The molecule has 0 aliphatic carbocycles. The van der Waals surface area contributed by atoms with Crippen LogP contribution >= 0.6 is 0 Å². The fourth-order valence-electron chi connectivity index (χ4n) is 1.36. The van der Waals surface area contributed by atoms with E-state index >= 15 is 0 Å². The largest absolute Gasteiger partial charge is 0.196 e. The summed E-state index contributed by atoms with van der Waals surface area (Å²) in [4.78, 5) is 0. The lowest BCUT2D eigenvalue weighted by molar-refractivity contribution is 0.605. The molecule has 0 heterocycles. The molecule has 0 aliphatic heterocycles. The number of nitriles is 2. The van der Waals surface area contributed by atoms with Crippen molar-refractivity contribution in [2.45, 2.75) is 26.7 Å². The van der Waals surface area contributed by atoms with E-state index in [0.29, 0.717) is 6.42 Å². The Labute approximate surface area is 79.8 Å². The standard InChI is InChI=1S/C11H14N2/c1-4-7-11(8-12,9-13)10(5-2)6-3/h4-5H,1,6-7H2,2-3H3. The molecule has 13 heavy (non-hydrogen) atoms. The van der Waals surface area contributed by atoms with E-state index in [4.69, 9.17) is 10.5 Å². The normalized spacial score (nSPS) is 11.5. The molecule has 0 radical (unpaired) electrons. The van der Waals surface area contributed by atoms with E-state index in [2.05, 4.69) is 18.7 Å². The van der Waals surface area contributed by atoms with Crippen LogP contribution in [0.5, 0.6) is 0 Å². The molecular weight excluding hydrogens is 160 g/mol. The van der Waals surface area contributed by atoms with E-state index in [1.165, 1.54) is 0 Å². The highest BCUT2D eigenvalue weighted by atomic mass is 14.4. The molecule has 0 aromatic carbocycles. The molecule has 0 N–H and O–H groups in total. The minimum Gasteiger partial charge on any atom is -0.196 e. The van der Waals surface area contributed by atoms with Crippen LogP contribution in [0.25, 0.3) is 0 Å². The number of hydrogen-bond donors (Lipinski definition) is 0. The Hall–Kier alpha value is -1.54. The second-order valence-corrected chi connectivity index (χ2v) is 2.79. The average Bonchev–Trinajstić information content (AvgIpc) is 2.18. The number of hydrogen-bond acceptors (Lipinski definition) is 2. The molecule has 0 amide bonds. The lowest BCUT2D eigenvalue weighted by Crippen LogP contribution is -2.18. The van der Waals surface area contributed by atoms with E-state index in [1.807, 2.05) is 19.9 Å². The molecule has 0 unspecified atom stereocenters. The zero-order valence-corrected chi connectivity index (χ0v) is 8.17. The van der Waals surface area contributed by atoms with Crippen LogP contribution in [-0.4, -0.2) is 0 Å². The topological polar surface area (TPSA) is 47.6 Å². The van der Waals surface area contributed by atoms with Gasteiger partial charge in [-0.05, 0) is 18.9 Å². The highest BCUT2D eigenvalue weighted by Crippen LogP contribution is 2.32. The van der Waals surface area contributed by atoms with Gasteiger partial charge in [-0.25, -0.2) is 0 Å². The summed E-state index contributed by atoms with van der Waals surface area (Å²) in [6.07, 6.45) is 4.58. The summed E-state index contributed by atoms with van der Waals surface area (Å²) in [5.41, 5.74) is -0.122. The van der Waals surface area contributed by atoms with Crippen molar-refractivity contribution in [3.63, 3.8) is 0 Å². The second kappa shape index (κ2) is 5.17. The Morgan fingerprint density at radius 2 is 2.00 bits per heavy atom. The first kappa shape index (κ1) is 11.5. The summed E-state index contributed by atoms with van der Waals surface area (Å²) in [5, 5.41) is 18.0. The lowest BCUT2D eigenvalue weighted by atomic mass is 9.78. The van der Waals surface area contributed by atoms with Crippen molar-refractivity contribution in [2.24, 2.45) is 5.41 Å². The third-order valence-corrected chi connectivity index (χ3v) is 2.11. The van der Waals surface area contributed by atoms with Crippen LogP contribution in [0.3, 0.4) is 0 Å². The fraction of sp³-hybridized carbons (Fsp3) is 0.455. The molecule has 0 atom stereocenters. The average molecular weight is 174 g/mol. The van der Waals surface area contributed by atoms with Crippen molar-refractivity contribution in [2.75, 3.05) is 0 Å². The summed E-state index contributed by atoms with van der Waals surface area (Å²) in [7, 11) is 0. The van der Waals surface area contributed by atoms with Gasteiger partial charge in [-0.3, -0.25) is 0 Å². The van der Waals surface area contributed by atoms with Gasteiger partial charge in [0.05, 0.1) is 12.1 Å². The molecule has 2 heteroatoms. The van der Waals surface area contributed by atoms with Crippen LogP contribution in [0.4, 0.5) is 0 Å². The summed E-state index contributed by atoms with van der Waals surface area (Å²) in [5.74, 6) is 0. The van der Waals surface area contributed by atoms with Crippen LogP contribution in [0.1, 0.15) is 26.7 Å². The Bertz CT molecular complexity index is 272. The molecular formula is C11H14N2. The maximum absolute atomic E-state index is 8.98. The van der Waals surface area contributed by atoms with Gasteiger partial charge in [-0.1, -0.05) is 19.1 Å². The molecule has 0 aromatic rings. The quantitative estimate of drug-likeness (QED) is 0.615. The van der Waals surface area contributed by atoms with Gasteiger partial charge < -0.3 is 0 Å². The SMILES string of the molecule is C=CCC(C#N)(C#N)C(=CC)CC. The summed E-state index contributed by atoms with van der Waals surface area (Å²) >= 11 is 0. The number of nitrogens with zero attached hydrogens (tertiary/aromatic N) is 2. The number of allylic oxidation sites excluding steroid dienone is 3. The minimum absolute atomic E-state index is 0.396. The molecule has 0 bridgehead atoms. The first-order valence-corrected chi connectivity index (χ1v) is 4.29. The Balaban J connectivity index is 5.13. The van der Waals surface area contributed by atoms with Crippen molar-refractivity contribution in [3.8, 4) is 12.1 Å². The zero-order valence-electron chi connectivity index (χ0n) is 8.17. The fourth-order valence-corrected chi connectivity index (χ4v) is 1.36. The highest BCUT2D eigenvalue weighted by molar-refractivity contribution is 5.33. The van der Waals surface area contributed by atoms with Crippen molar-refractivity contribution in [1.82, 2.24) is 0 Å². The van der Waals surface area contributed by atoms with Crippen LogP contribution in [-0.2, 0) is 0 Å². The monoisotopic (exact) mass is 174 g/mol. The van der Waals surface area contributed by atoms with E-state index in [1.54, 1.807) is 6.08 Å². The van der Waals surface area contributed by atoms with Crippen LogP contribution in [0, 0.1) is 28.1 Å². The van der Waals surface area contributed by atoms with Gasteiger partial charge in [0.2, 0.25) is 0 Å². The van der Waals surface area contributed by atoms with E-state index in [9.17, 15) is 0 Å². The van der Waals surface area contributed by atoms with Crippen molar-refractivity contribution < 1.29 is 0 Å². The van der Waals surface area contributed by atoms with Gasteiger partial charge in [0.15, 0.2) is 5.41 Å². The zero-order chi connectivity index (χ0) is 10.3. The van der Waals surface area contributed by atoms with Gasteiger partial charge in [-0.15, -0.1) is 6.58 Å². The van der Waals surface area contributed by atoms with Gasteiger partial charge >= 0.3 is 0 Å². The molecule has 2 nitrogen and oxygen atoms in total. The Morgan fingerprint density at radius 1 is 1.46 bits per heavy atom. The van der Waals surface area contributed by atoms with Gasteiger partial charge in [0.1, 0.15) is 0 Å². The first-order valence-electron chi connectivity index (χ1n) is 4.29. The molecule has 0 fully saturated rings. The van der Waals surface area contributed by atoms with Crippen LogP contribution in [0.15, 0.2) is 24.3 Å². The second-order valence-electron chi connectivity index (χ2n) is 2.79. The maximum Gasteiger partial charge on any atom is 0.168 e. The molecule has 0 rings (SSSR count). The summed E-state index contributed by atoms with van der Waals surface area (Å²) in [6, 6.07) is 4.13. The van der Waals surface area contributed by atoms with Crippen LogP contribution in [0.2, 0.25) is 0 Å². The van der Waals surface area contributed by atoms with Crippen molar-refractivity contribution in [3.05, 3.63) is 24.3 Å². The highest BCUT2D eigenvalue weighted by Gasteiger charge is 2.31. The Kier molecular flexibility index (Phi) is 4.55. The van der Waals surface area contributed by atoms with Crippen molar-refractivity contribution in [1.29, 1.82) is 10.5 Å². The Morgan fingerprint density at radius 3 is 2.23 bits per heavy atom. The smallest absolute Gasteiger partial charge is 0.168 e. The van der Waals surface area contributed by atoms with E-state index in [0.717, 1.165) is 12.0 Å². The summed E-state index contributed by atoms with van der Waals surface area (Å²) in [6.45, 7) is 7.36. The molecule has 0 aliphatic rings. The molecule has 0 aromatic heterocycles. The van der Waals surface area contributed by atoms with Crippen molar-refractivity contribution >= 4 is 0 Å². The summed E-state index contributed by atoms with van der Waals surface area (Å²) < 4.78 is 0. The predicted molar refractivity (Wildman–Crippen MR) is 52.5 cm³/mol. The minimum atomic E-state index is -0.995. The van der Waals surface area contributed by atoms with E-state index in [-0.39, 0.29) is 0 Å². The molecule has 68 valence electrons. The van der Waals surface area contributed by atoms with Gasteiger partial charge in [0.25, 0.3) is 0 Å². The van der Waals surface area contributed by atoms with Gasteiger partial charge in [-0.2, -0.15) is 10.5 Å². The first-order chi connectivity index (χ1) is 6.20. The maximum atomic E-state index is 8.98. The lowest BCUT2D eigenvalue weighted by Gasteiger charge is -2.19. The molecule has 0 saturated carbocycles. The number of rotatable bonds is 4. The third kappa shape index (κ3) is 2.20. The van der Waals surface area contributed by atoms with Gasteiger partial charge in [0, 0.05) is 6.42 Å². The molecule has 0 spiro atoms. The third-order valence-electron chi connectivity index (χ3n) is 2.11.